The van der Waals surface area contributed by atoms with E-state index in [0.29, 0.717) is 42.1 Å². The molecular weight excluding hydrogens is 900 g/mol. The molecule has 0 radical (unpaired) electrons. The standard InChI is InChI=1S/C21H21NO10.C11H13NO6.C10H9ClO4.CH4/c1-15(23)32-19-6-3-2-5-18(19)21(25)30-14-29-20(24)13-16-7-9-17(10-8-16)28-11-4-12-31-22(26)27;13-11(14)8-9-2-4-10(5-3-9)17-6-1-7-18-12(15)16;1-7(12)15-9-5-3-2-4-8(9)10(13)14-6-11;/h2-3,5-10H,4,11-14H2,1H3;2-5H,1,6-8H2,(H,13,14);2-5H,6H2,1H3;1H4. The van der Waals surface area contributed by atoms with Crippen LogP contribution in [0.2, 0.25) is 0 Å². The van der Waals surface area contributed by atoms with E-state index in [-0.39, 0.29) is 68.8 Å². The van der Waals surface area contributed by atoms with Gasteiger partial charge in [-0.15, -0.1) is 20.2 Å². The average molecular weight is 947 g/mol. The van der Waals surface area contributed by atoms with Crippen molar-refractivity contribution in [2.45, 2.75) is 47.0 Å². The van der Waals surface area contributed by atoms with Crippen molar-refractivity contribution < 1.29 is 86.9 Å². The monoisotopic (exact) mass is 946 g/mol. The third kappa shape index (κ3) is 24.6. The molecule has 0 saturated carbocycles. The molecule has 0 aliphatic rings. The molecule has 0 aliphatic carbocycles. The van der Waals surface area contributed by atoms with Crippen LogP contribution in [0, 0.1) is 20.2 Å². The van der Waals surface area contributed by atoms with Crippen LogP contribution in [0.25, 0.3) is 0 Å². The Morgan fingerprint density at radius 2 is 0.985 bits per heavy atom. The maximum atomic E-state index is 12.1. The van der Waals surface area contributed by atoms with Gasteiger partial charge in [-0.3, -0.25) is 19.2 Å². The highest BCUT2D eigenvalue weighted by Gasteiger charge is 2.17. The van der Waals surface area contributed by atoms with E-state index >= 15 is 0 Å². The second kappa shape index (κ2) is 31.8. The average Bonchev–Trinajstić information content (AvgIpc) is 3.24. The molecule has 0 atom stereocenters. The number of nitrogens with zero attached hydrogens (tertiary/aromatic N) is 2. The minimum Gasteiger partial charge on any atom is -0.494 e. The van der Waals surface area contributed by atoms with E-state index < -0.39 is 52.8 Å². The molecule has 0 heterocycles. The molecule has 22 nitrogen and oxygen atoms in total. The molecule has 0 fully saturated rings. The maximum Gasteiger partial charge on any atom is 0.344 e. The Bertz CT molecular complexity index is 2180. The Balaban J connectivity index is 0.000000541. The number of carboxylic acids is 1. The summed E-state index contributed by atoms with van der Waals surface area (Å²) in [7, 11) is 0. The number of halogens is 1. The third-order valence-electron chi connectivity index (χ3n) is 7.38. The number of esters is 5. The maximum absolute atomic E-state index is 12.1. The van der Waals surface area contributed by atoms with Crippen LogP contribution >= 0.6 is 11.6 Å². The first kappa shape index (κ1) is 56.0. The molecule has 0 amide bonds. The quantitative estimate of drug-likeness (QED) is 0.0160. The molecule has 23 heteroatoms. The van der Waals surface area contributed by atoms with Gasteiger partial charge in [-0.2, -0.15) is 0 Å². The fraction of sp³-hybridized carbons (Fsp3) is 0.302. The summed E-state index contributed by atoms with van der Waals surface area (Å²) in [6.45, 7) is 2.33. The van der Waals surface area contributed by atoms with Crippen molar-refractivity contribution in [3.05, 3.63) is 140 Å². The lowest BCUT2D eigenvalue weighted by Gasteiger charge is -2.10. The number of para-hydroxylation sites is 2. The molecule has 356 valence electrons. The molecule has 0 bridgehead atoms. The van der Waals surface area contributed by atoms with E-state index in [0.717, 1.165) is 0 Å². The van der Waals surface area contributed by atoms with Crippen LogP contribution in [0.4, 0.5) is 0 Å². The zero-order chi connectivity index (χ0) is 48.0. The van der Waals surface area contributed by atoms with Crippen molar-refractivity contribution in [3.8, 4) is 23.0 Å². The van der Waals surface area contributed by atoms with Gasteiger partial charge in [0.25, 0.3) is 10.2 Å². The van der Waals surface area contributed by atoms with E-state index in [1.54, 1.807) is 72.8 Å². The number of benzene rings is 4. The molecule has 0 saturated heterocycles. The highest BCUT2D eigenvalue weighted by atomic mass is 35.5. The first-order valence-electron chi connectivity index (χ1n) is 18.9. The number of rotatable bonds is 23. The number of alkyl halides is 1. The van der Waals surface area contributed by atoms with Crippen molar-refractivity contribution in [3.63, 3.8) is 0 Å². The highest BCUT2D eigenvalue weighted by Crippen LogP contribution is 2.21. The van der Waals surface area contributed by atoms with E-state index in [4.69, 9.17) is 45.1 Å². The topological polar surface area (TPSA) is 292 Å². The van der Waals surface area contributed by atoms with Crippen LogP contribution in [0.5, 0.6) is 23.0 Å². The number of carbonyl (C=O) groups excluding carboxylic acids is 5. The zero-order valence-corrected chi connectivity index (χ0v) is 35.5. The Morgan fingerprint density at radius 3 is 1.38 bits per heavy atom. The van der Waals surface area contributed by atoms with Gasteiger partial charge in [0, 0.05) is 26.7 Å². The first-order valence-corrected chi connectivity index (χ1v) is 19.4. The van der Waals surface area contributed by atoms with Gasteiger partial charge in [0.2, 0.25) is 6.79 Å². The number of carbonyl (C=O) groups is 6. The van der Waals surface area contributed by atoms with Crippen LogP contribution < -0.4 is 18.9 Å². The van der Waals surface area contributed by atoms with Crippen molar-refractivity contribution in [2.24, 2.45) is 0 Å². The highest BCUT2D eigenvalue weighted by molar-refractivity contribution is 6.17. The van der Waals surface area contributed by atoms with Crippen LogP contribution in [0.3, 0.4) is 0 Å². The van der Waals surface area contributed by atoms with E-state index in [1.165, 1.54) is 38.1 Å². The van der Waals surface area contributed by atoms with E-state index in [2.05, 4.69) is 14.4 Å². The third-order valence-corrected chi connectivity index (χ3v) is 7.48. The Kier molecular flexibility index (Phi) is 27.0. The van der Waals surface area contributed by atoms with Gasteiger partial charge in [-0.25, -0.2) is 9.59 Å². The predicted octanol–water partition coefficient (Wildman–Crippen LogP) is 6.38. The van der Waals surface area contributed by atoms with Gasteiger partial charge in [-0.1, -0.05) is 67.6 Å². The molecule has 0 aromatic heterocycles. The summed E-state index contributed by atoms with van der Waals surface area (Å²) >= 11 is 5.25. The lowest BCUT2D eigenvalue weighted by atomic mass is 10.1. The van der Waals surface area contributed by atoms with Gasteiger partial charge in [0.1, 0.15) is 34.1 Å². The van der Waals surface area contributed by atoms with Gasteiger partial charge in [-0.05, 0) is 59.7 Å². The molecule has 0 spiro atoms. The van der Waals surface area contributed by atoms with Gasteiger partial charge in [0.05, 0.1) is 39.3 Å². The van der Waals surface area contributed by atoms with Crippen molar-refractivity contribution >= 4 is 47.4 Å². The molecule has 1 N–H and O–H groups in total. The van der Waals surface area contributed by atoms with Crippen LogP contribution in [-0.4, -0.2) is 90.4 Å². The van der Waals surface area contributed by atoms with Gasteiger partial charge in [0.15, 0.2) is 6.07 Å². The number of carboxylic acid groups (broad SMARTS) is 1. The number of hydrogen-bond donors (Lipinski definition) is 1. The largest absolute Gasteiger partial charge is 0.494 e. The summed E-state index contributed by atoms with van der Waals surface area (Å²) in [4.78, 5) is 95.9. The number of hydrogen-bond acceptors (Lipinski definition) is 19. The van der Waals surface area contributed by atoms with Gasteiger partial charge >= 0.3 is 35.8 Å². The fourth-order valence-electron chi connectivity index (χ4n) is 4.69. The summed E-state index contributed by atoms with van der Waals surface area (Å²) in [6, 6.07) is 25.3. The number of ether oxygens (including phenoxy) is 7. The van der Waals surface area contributed by atoms with E-state index in [1.807, 2.05) is 0 Å². The Labute approximate surface area is 382 Å². The van der Waals surface area contributed by atoms with Crippen molar-refractivity contribution in [1.82, 2.24) is 0 Å². The first-order chi connectivity index (χ1) is 31.1. The van der Waals surface area contributed by atoms with Crippen molar-refractivity contribution in [1.29, 1.82) is 0 Å². The summed E-state index contributed by atoms with van der Waals surface area (Å²) in [5.41, 5.74) is 1.53. The number of aliphatic carboxylic acids is 1. The lowest BCUT2D eigenvalue weighted by molar-refractivity contribution is -0.757. The molecule has 4 aromatic carbocycles. The van der Waals surface area contributed by atoms with Crippen LogP contribution in [-0.2, 0) is 55.9 Å². The Morgan fingerprint density at radius 1 is 0.576 bits per heavy atom. The van der Waals surface area contributed by atoms with E-state index in [9.17, 15) is 49.0 Å². The van der Waals surface area contributed by atoms with Crippen molar-refractivity contribution in [2.75, 3.05) is 39.3 Å². The molecule has 66 heavy (non-hydrogen) atoms. The van der Waals surface area contributed by atoms with Crippen LogP contribution in [0.1, 0.15) is 66.0 Å². The second-order valence-electron chi connectivity index (χ2n) is 12.3. The van der Waals surface area contributed by atoms with Gasteiger partial charge < -0.3 is 47.9 Å². The lowest BCUT2D eigenvalue weighted by Crippen LogP contribution is -2.15. The minimum atomic E-state index is -0.888. The smallest absolute Gasteiger partial charge is 0.344 e. The summed E-state index contributed by atoms with van der Waals surface area (Å²) in [6.07, 6.45) is 0.659. The molecule has 0 unspecified atom stereocenters. The molecule has 4 rings (SSSR count). The summed E-state index contributed by atoms with van der Waals surface area (Å²) in [5.74, 6) is -2.69. The second-order valence-corrected chi connectivity index (χ2v) is 12.6. The molecular formula is C43H47ClN2O20. The summed E-state index contributed by atoms with van der Waals surface area (Å²) < 4.78 is 34.9. The minimum absolute atomic E-state index is 0. The molecule has 4 aromatic rings. The Hall–Kier alpha value is -8.01. The predicted molar refractivity (Wildman–Crippen MR) is 229 cm³/mol. The normalized spacial score (nSPS) is 9.68. The van der Waals surface area contributed by atoms with Crippen LogP contribution in [0.15, 0.2) is 97.1 Å². The molecule has 0 aliphatic heterocycles. The fourth-order valence-corrected chi connectivity index (χ4v) is 4.79. The summed E-state index contributed by atoms with van der Waals surface area (Å²) in [5, 5.41) is 26.8. The SMILES string of the molecule is C.CC(=O)Oc1ccccc1C(=O)OCCl.CC(=O)Oc1ccccc1C(=O)OCOC(=O)Cc1ccc(OCCCO[N+](=O)[O-])cc1.O=C(O)Cc1ccc(OCCCO[N+](=O)[O-])cc1. The zero-order valence-electron chi connectivity index (χ0n) is 34.8.